The maximum atomic E-state index is 13.8. The van der Waals surface area contributed by atoms with Gasteiger partial charge in [0.1, 0.15) is 54.6 Å². The van der Waals surface area contributed by atoms with Crippen molar-refractivity contribution in [3.63, 3.8) is 0 Å². The van der Waals surface area contributed by atoms with E-state index in [-0.39, 0.29) is 17.1 Å². The first kappa shape index (κ1) is 31.6. The second kappa shape index (κ2) is 12.1. The first-order valence-electron chi connectivity index (χ1n) is 13.4. The SMILES string of the molecule is CCc1ncnc2c1ncn2[C@@H]1O[C@H](COP(=O)(O)[C@@H]2[C@H](O)[C@@H](CO[P+](=O)O)O[C@H]2n2cnc3c(=O)[nH]c(N)nc32)[C@@H](O)[C@H]1O. The van der Waals surface area contributed by atoms with Crippen molar-refractivity contribution in [1.29, 1.82) is 0 Å². The fraction of sp³-hybridized carbons (Fsp3) is 0.545. The van der Waals surface area contributed by atoms with Gasteiger partial charge < -0.3 is 39.9 Å². The number of hydrogen-bond donors (Lipinski definition) is 7. The maximum Gasteiger partial charge on any atom is 0.694 e. The summed E-state index contributed by atoms with van der Waals surface area (Å²) >= 11 is 0. The van der Waals surface area contributed by atoms with Gasteiger partial charge in [-0.1, -0.05) is 6.92 Å². The first-order valence-corrected chi connectivity index (χ1v) is 16.2. The molecular weight excluding hydrogens is 644 g/mol. The average Bonchev–Trinajstić information content (AvgIpc) is 3.75. The number of rotatable bonds is 10. The molecule has 0 amide bonds. The van der Waals surface area contributed by atoms with Crippen molar-refractivity contribution >= 4 is 44.1 Å². The van der Waals surface area contributed by atoms with E-state index in [1.807, 2.05) is 6.92 Å². The molecule has 0 aromatic carbocycles. The van der Waals surface area contributed by atoms with Gasteiger partial charge in [-0.15, -0.1) is 9.42 Å². The van der Waals surface area contributed by atoms with Crippen LogP contribution in [0, 0.1) is 0 Å². The summed E-state index contributed by atoms with van der Waals surface area (Å²) in [5.74, 6) is -0.298. The van der Waals surface area contributed by atoms with Crippen molar-refractivity contribution < 1.29 is 52.8 Å². The van der Waals surface area contributed by atoms with E-state index < -0.39 is 83.3 Å². The predicted octanol–water partition coefficient (Wildman–Crippen LogP) is -1.78. The summed E-state index contributed by atoms with van der Waals surface area (Å²) in [4.78, 5) is 55.4. The Labute approximate surface area is 252 Å². The van der Waals surface area contributed by atoms with Crippen LogP contribution < -0.4 is 11.3 Å². The summed E-state index contributed by atoms with van der Waals surface area (Å²) < 4.78 is 49.0. The second-order valence-corrected chi connectivity index (χ2v) is 13.0. The number of imidazole rings is 2. The highest BCUT2D eigenvalue weighted by Gasteiger charge is 2.56. The molecule has 23 heteroatoms. The molecule has 2 unspecified atom stereocenters. The minimum atomic E-state index is -4.98. The molecule has 6 heterocycles. The number of ether oxygens (including phenoxy) is 2. The summed E-state index contributed by atoms with van der Waals surface area (Å²) in [6.45, 7) is 0.482. The van der Waals surface area contributed by atoms with Gasteiger partial charge in [0.15, 0.2) is 29.3 Å². The topological polar surface area (TPSA) is 305 Å². The van der Waals surface area contributed by atoms with Crippen LogP contribution in [0.5, 0.6) is 0 Å². The van der Waals surface area contributed by atoms with E-state index in [4.69, 9.17) is 24.6 Å². The number of aliphatic hydroxyl groups is 3. The minimum absolute atomic E-state index is 0.156. The molecule has 0 spiro atoms. The number of fused-ring (bicyclic) bond motifs is 2. The normalized spacial score (nSPS) is 30.3. The molecule has 0 saturated carbocycles. The van der Waals surface area contributed by atoms with Gasteiger partial charge in [-0.3, -0.25) is 23.5 Å². The molecule has 242 valence electrons. The van der Waals surface area contributed by atoms with Crippen LogP contribution in [0.4, 0.5) is 5.95 Å². The third kappa shape index (κ3) is 5.66. The lowest BCUT2D eigenvalue weighted by atomic mass is 10.1. The number of H-pyrrole nitrogens is 1. The number of nitrogens with one attached hydrogen (secondary N) is 1. The molecule has 4 aromatic rings. The molecule has 4 aromatic heterocycles. The van der Waals surface area contributed by atoms with E-state index in [0.717, 1.165) is 10.9 Å². The lowest BCUT2D eigenvalue weighted by Gasteiger charge is -2.27. The molecule has 6 rings (SSSR count). The molecule has 0 aliphatic carbocycles. The van der Waals surface area contributed by atoms with Crippen LogP contribution in [-0.2, 0) is 34.1 Å². The molecular formula is C22H28N9O12P2+. The van der Waals surface area contributed by atoms with Crippen molar-refractivity contribution in [2.45, 2.75) is 62.0 Å². The maximum absolute atomic E-state index is 13.8. The van der Waals surface area contributed by atoms with Gasteiger partial charge in [-0.05, 0) is 6.42 Å². The lowest BCUT2D eigenvalue weighted by Crippen LogP contribution is -2.36. The highest BCUT2D eigenvalue weighted by molar-refractivity contribution is 7.53. The number of hydrogen-bond acceptors (Lipinski definition) is 16. The van der Waals surface area contributed by atoms with E-state index in [9.17, 15) is 34.1 Å². The smallest absolute Gasteiger partial charge is 0.389 e. The summed E-state index contributed by atoms with van der Waals surface area (Å²) in [6.07, 6.45) is -6.13. The van der Waals surface area contributed by atoms with E-state index in [1.54, 1.807) is 0 Å². The average molecular weight is 672 g/mol. The molecule has 2 aliphatic rings. The fourth-order valence-electron chi connectivity index (χ4n) is 5.43. The third-order valence-corrected chi connectivity index (χ3v) is 9.80. The van der Waals surface area contributed by atoms with E-state index >= 15 is 0 Å². The van der Waals surface area contributed by atoms with Gasteiger partial charge in [0, 0.05) is 4.57 Å². The fourth-order valence-corrected chi connectivity index (χ4v) is 7.35. The largest absolute Gasteiger partial charge is 0.694 e. The van der Waals surface area contributed by atoms with Gasteiger partial charge in [0.25, 0.3) is 5.56 Å². The molecule has 8 N–H and O–H groups in total. The van der Waals surface area contributed by atoms with Crippen LogP contribution >= 0.6 is 15.9 Å². The Kier molecular flexibility index (Phi) is 8.52. The zero-order valence-electron chi connectivity index (χ0n) is 23.2. The summed E-state index contributed by atoms with van der Waals surface area (Å²) in [6, 6.07) is 0. The van der Waals surface area contributed by atoms with Gasteiger partial charge in [-0.25, -0.2) is 19.9 Å². The van der Waals surface area contributed by atoms with Gasteiger partial charge in [0.2, 0.25) is 5.95 Å². The molecule has 10 atom stereocenters. The third-order valence-electron chi connectivity index (χ3n) is 7.59. The first-order chi connectivity index (χ1) is 21.4. The number of nitrogens with zero attached hydrogens (tertiary/aromatic N) is 7. The van der Waals surface area contributed by atoms with Crippen LogP contribution in [-0.4, -0.2) is 114 Å². The number of nitrogens with two attached hydrogens (primary N) is 1. The molecule has 0 radical (unpaired) electrons. The molecule has 2 saturated heterocycles. The van der Waals surface area contributed by atoms with Crippen LogP contribution in [0.25, 0.3) is 22.3 Å². The standard InChI is InChI=1S/C22H27N9O12P2/c1-2-8-11-17(25-5-24-8)30(6-26-11)20-15(34)13(32)10(42-20)4-41-45(38,39)16-14(33)9(3-40-44(36)37)43-21(16)31-7-27-12-18(31)28-22(23)29-19(12)35/h5-7,9-10,13-16,20-21,32-34H,2-4H2,1H3,(H4-,23,28,29,35,36,37,38,39)/p+1/t9-,10-,13-,14-,15-,16-,20-,21-/m1/s1. The molecule has 0 bridgehead atoms. The van der Waals surface area contributed by atoms with Gasteiger partial charge in [0.05, 0.1) is 25.0 Å². The van der Waals surface area contributed by atoms with Crippen LogP contribution in [0.15, 0.2) is 23.8 Å². The minimum Gasteiger partial charge on any atom is -0.389 e. The molecule has 2 aliphatic heterocycles. The Morgan fingerprint density at radius 1 is 1.00 bits per heavy atom. The van der Waals surface area contributed by atoms with Crippen molar-refractivity contribution in [2.24, 2.45) is 0 Å². The van der Waals surface area contributed by atoms with E-state index in [2.05, 4.69) is 34.4 Å². The molecule has 45 heavy (non-hydrogen) atoms. The predicted molar refractivity (Wildman–Crippen MR) is 148 cm³/mol. The second-order valence-electron chi connectivity index (χ2n) is 10.3. The Hall–Kier alpha value is -3.33. The zero-order valence-corrected chi connectivity index (χ0v) is 25.0. The van der Waals surface area contributed by atoms with Gasteiger partial charge >= 0.3 is 15.9 Å². The molecule has 21 nitrogen and oxygen atoms in total. The number of aromatic nitrogens is 8. The zero-order chi connectivity index (χ0) is 32.2. The summed E-state index contributed by atoms with van der Waals surface area (Å²) in [5.41, 5.74) is 4.26. The molecule has 2 fully saturated rings. The van der Waals surface area contributed by atoms with Gasteiger partial charge in [-0.2, -0.15) is 4.98 Å². The van der Waals surface area contributed by atoms with Crippen molar-refractivity contribution in [1.82, 2.24) is 39.0 Å². The van der Waals surface area contributed by atoms with E-state index in [0.29, 0.717) is 23.3 Å². The Morgan fingerprint density at radius 2 is 1.67 bits per heavy atom. The van der Waals surface area contributed by atoms with Crippen molar-refractivity contribution in [3.8, 4) is 0 Å². The summed E-state index contributed by atoms with van der Waals surface area (Å²) in [7, 11) is -8.09. The van der Waals surface area contributed by atoms with E-state index in [1.165, 1.54) is 17.2 Å². The number of anilines is 1. The lowest BCUT2D eigenvalue weighted by molar-refractivity contribution is -0.0494. The highest BCUT2D eigenvalue weighted by Crippen LogP contribution is 2.57. The number of aryl methyl sites for hydroxylation is 1. The highest BCUT2D eigenvalue weighted by atomic mass is 31.2. The summed E-state index contributed by atoms with van der Waals surface area (Å²) in [5, 5.41) is 32.6. The van der Waals surface area contributed by atoms with Crippen molar-refractivity contribution in [3.05, 3.63) is 35.0 Å². The Bertz CT molecular complexity index is 1850. The van der Waals surface area contributed by atoms with Crippen molar-refractivity contribution in [2.75, 3.05) is 18.9 Å². The number of aromatic amines is 1. The van der Waals surface area contributed by atoms with Crippen LogP contribution in [0.3, 0.4) is 0 Å². The van der Waals surface area contributed by atoms with Crippen LogP contribution in [0.2, 0.25) is 0 Å². The Balaban J connectivity index is 1.25. The quantitative estimate of drug-likeness (QED) is 0.0916. The number of nitrogen functional groups attached to an aromatic ring is 1. The van der Waals surface area contributed by atoms with Crippen LogP contribution in [0.1, 0.15) is 25.1 Å². The number of aliphatic hydroxyl groups excluding tert-OH is 3. The monoisotopic (exact) mass is 672 g/mol. The Morgan fingerprint density at radius 3 is 2.38 bits per heavy atom.